The highest BCUT2D eigenvalue weighted by molar-refractivity contribution is 5.89. The molecule has 0 spiro atoms. The van der Waals surface area contributed by atoms with Crippen molar-refractivity contribution in [3.8, 4) is 0 Å². The average molecular weight is 324 g/mol. The maximum Gasteiger partial charge on any atom is 0.339 e. The highest BCUT2D eigenvalue weighted by atomic mass is 16.6. The van der Waals surface area contributed by atoms with Gasteiger partial charge in [0.05, 0.1) is 25.2 Å². The summed E-state index contributed by atoms with van der Waals surface area (Å²) in [6.45, 7) is 5.41. The fraction of sp³-hybridized carbons (Fsp3) is 0.381. The van der Waals surface area contributed by atoms with Gasteiger partial charge in [-0.3, -0.25) is 0 Å². The first kappa shape index (κ1) is 16.7. The molecule has 2 aromatic carbocycles. The number of likely N-dealkylation sites (tertiary alicyclic amines) is 1. The second kappa shape index (κ2) is 6.78. The first-order chi connectivity index (χ1) is 11.5. The number of carbonyl (C=O) groups excluding carboxylic acids is 1. The molecule has 0 aliphatic carbocycles. The summed E-state index contributed by atoms with van der Waals surface area (Å²) < 4.78 is 6.23. The number of benzene rings is 2. The van der Waals surface area contributed by atoms with Crippen LogP contribution in [-0.2, 0) is 10.3 Å². The summed E-state index contributed by atoms with van der Waals surface area (Å²) in [6, 6.07) is 19.9. The molecule has 3 heteroatoms. The van der Waals surface area contributed by atoms with Gasteiger partial charge in [0.15, 0.2) is 5.60 Å². The van der Waals surface area contributed by atoms with Gasteiger partial charge in [0, 0.05) is 12.3 Å². The van der Waals surface area contributed by atoms with Crippen LogP contribution in [-0.4, -0.2) is 25.6 Å². The van der Waals surface area contributed by atoms with E-state index in [1.54, 1.807) is 0 Å². The monoisotopic (exact) mass is 324 g/mol. The van der Waals surface area contributed by atoms with Gasteiger partial charge >= 0.3 is 5.97 Å². The standard InChI is InChI=1S/C21H25NO2/c1-16-15-22(3)17(2)14-21(16,19-12-8-5-9-13-19)24-20(23)18-10-6-4-7-11-18/h4-13,16-17H,14-15H2,1-3H3/p+1/t16-,17+,21+/m1/s1. The van der Waals surface area contributed by atoms with E-state index in [0.717, 1.165) is 18.5 Å². The minimum absolute atomic E-state index is 0.238. The van der Waals surface area contributed by atoms with Crippen LogP contribution in [0, 0.1) is 5.92 Å². The van der Waals surface area contributed by atoms with Gasteiger partial charge in [0.2, 0.25) is 0 Å². The molecule has 0 bridgehead atoms. The van der Waals surface area contributed by atoms with Gasteiger partial charge in [-0.15, -0.1) is 0 Å². The second-order valence-electron chi connectivity index (χ2n) is 7.07. The molecule has 126 valence electrons. The first-order valence-electron chi connectivity index (χ1n) is 8.69. The lowest BCUT2D eigenvalue weighted by Crippen LogP contribution is -3.15. The summed E-state index contributed by atoms with van der Waals surface area (Å²) in [4.78, 5) is 14.3. The Morgan fingerprint density at radius 2 is 1.62 bits per heavy atom. The number of quaternary nitrogens is 1. The lowest BCUT2D eigenvalue weighted by molar-refractivity contribution is -0.916. The van der Waals surface area contributed by atoms with Gasteiger partial charge < -0.3 is 9.64 Å². The Morgan fingerprint density at radius 3 is 2.25 bits per heavy atom. The molecule has 0 aromatic heterocycles. The second-order valence-corrected chi connectivity index (χ2v) is 7.07. The van der Waals surface area contributed by atoms with E-state index in [1.165, 1.54) is 4.90 Å². The molecule has 1 fully saturated rings. The molecule has 0 radical (unpaired) electrons. The van der Waals surface area contributed by atoms with Crippen LogP contribution in [0.4, 0.5) is 0 Å². The number of piperidine rings is 1. The van der Waals surface area contributed by atoms with Crippen molar-refractivity contribution in [2.24, 2.45) is 5.92 Å². The lowest BCUT2D eigenvalue weighted by atomic mass is 9.74. The fourth-order valence-electron chi connectivity index (χ4n) is 3.80. The van der Waals surface area contributed by atoms with Crippen molar-refractivity contribution in [1.29, 1.82) is 0 Å². The number of rotatable bonds is 3. The number of carbonyl (C=O) groups is 1. The Kier molecular flexibility index (Phi) is 4.72. The van der Waals surface area contributed by atoms with E-state index < -0.39 is 5.60 Å². The van der Waals surface area contributed by atoms with Gasteiger partial charge in [0.1, 0.15) is 0 Å². The summed E-state index contributed by atoms with van der Waals surface area (Å²) >= 11 is 0. The number of ether oxygens (including phenoxy) is 1. The minimum atomic E-state index is -0.562. The lowest BCUT2D eigenvalue weighted by Gasteiger charge is -2.46. The van der Waals surface area contributed by atoms with Gasteiger partial charge in [-0.05, 0) is 24.6 Å². The summed E-state index contributed by atoms with van der Waals surface area (Å²) in [5, 5.41) is 0. The zero-order chi connectivity index (χ0) is 17.2. The zero-order valence-corrected chi connectivity index (χ0v) is 14.7. The SMILES string of the molecule is C[C@@H]1C[NH+](C)[C@@H](C)C[C@@]1(OC(=O)c1ccccc1)c1ccccc1. The fourth-order valence-corrected chi connectivity index (χ4v) is 3.80. The molecular formula is C21H26NO2+. The third-order valence-electron chi connectivity index (χ3n) is 5.42. The van der Waals surface area contributed by atoms with Gasteiger partial charge in [-0.25, -0.2) is 4.79 Å². The Morgan fingerprint density at radius 1 is 1.04 bits per heavy atom. The maximum atomic E-state index is 12.8. The molecule has 3 nitrogen and oxygen atoms in total. The highest BCUT2D eigenvalue weighted by Gasteiger charge is 2.49. The Balaban J connectivity index is 1.98. The smallest absolute Gasteiger partial charge is 0.339 e. The quantitative estimate of drug-likeness (QED) is 0.880. The van der Waals surface area contributed by atoms with Crippen molar-refractivity contribution in [1.82, 2.24) is 0 Å². The highest BCUT2D eigenvalue weighted by Crippen LogP contribution is 2.40. The maximum absolute atomic E-state index is 12.8. The predicted molar refractivity (Wildman–Crippen MR) is 95.0 cm³/mol. The van der Waals surface area contributed by atoms with Crippen LogP contribution in [0.2, 0.25) is 0 Å². The number of hydrogen-bond donors (Lipinski definition) is 1. The normalized spacial score (nSPS) is 29.9. The Bertz CT molecular complexity index is 685. The Hall–Kier alpha value is -2.13. The van der Waals surface area contributed by atoms with Crippen LogP contribution in [0.3, 0.4) is 0 Å². The molecule has 1 saturated heterocycles. The number of hydrogen-bond acceptors (Lipinski definition) is 2. The zero-order valence-electron chi connectivity index (χ0n) is 14.7. The molecular weight excluding hydrogens is 298 g/mol. The summed E-state index contributed by atoms with van der Waals surface area (Å²) in [5.74, 6) is 0.0156. The summed E-state index contributed by atoms with van der Waals surface area (Å²) in [7, 11) is 2.22. The van der Waals surface area contributed by atoms with Gasteiger partial charge in [-0.1, -0.05) is 55.5 Å². The molecule has 4 atom stereocenters. The minimum Gasteiger partial charge on any atom is -0.450 e. The molecule has 2 aromatic rings. The van der Waals surface area contributed by atoms with E-state index >= 15 is 0 Å². The van der Waals surface area contributed by atoms with Crippen LogP contribution in [0.15, 0.2) is 60.7 Å². The first-order valence-corrected chi connectivity index (χ1v) is 8.69. The molecule has 1 heterocycles. The molecule has 1 N–H and O–H groups in total. The van der Waals surface area contributed by atoms with Crippen molar-refractivity contribution in [3.63, 3.8) is 0 Å². The van der Waals surface area contributed by atoms with E-state index in [2.05, 4.69) is 33.0 Å². The van der Waals surface area contributed by atoms with Crippen LogP contribution >= 0.6 is 0 Å². The third-order valence-corrected chi connectivity index (χ3v) is 5.42. The summed E-state index contributed by atoms with van der Waals surface area (Å²) in [6.07, 6.45) is 0.836. The van der Waals surface area contributed by atoms with Crippen molar-refractivity contribution in [2.45, 2.75) is 31.9 Å². The average Bonchev–Trinajstić information content (AvgIpc) is 2.61. The van der Waals surface area contributed by atoms with E-state index in [4.69, 9.17) is 4.74 Å². The number of esters is 1. The topological polar surface area (TPSA) is 30.7 Å². The van der Waals surface area contributed by atoms with Crippen molar-refractivity contribution in [3.05, 3.63) is 71.8 Å². The third kappa shape index (κ3) is 3.09. The van der Waals surface area contributed by atoms with E-state index in [9.17, 15) is 4.79 Å². The van der Waals surface area contributed by atoms with Crippen LogP contribution in [0.5, 0.6) is 0 Å². The van der Waals surface area contributed by atoms with E-state index in [1.807, 2.05) is 48.5 Å². The van der Waals surface area contributed by atoms with Crippen molar-refractivity contribution in [2.75, 3.05) is 13.6 Å². The van der Waals surface area contributed by atoms with Gasteiger partial charge in [-0.2, -0.15) is 0 Å². The molecule has 1 unspecified atom stereocenters. The van der Waals surface area contributed by atoms with Crippen LogP contribution < -0.4 is 4.90 Å². The van der Waals surface area contributed by atoms with Crippen molar-refractivity contribution < 1.29 is 14.4 Å². The molecule has 24 heavy (non-hydrogen) atoms. The summed E-state index contributed by atoms with van der Waals surface area (Å²) in [5.41, 5.74) is 1.15. The molecule has 3 rings (SSSR count). The van der Waals surface area contributed by atoms with Gasteiger partial charge in [0.25, 0.3) is 0 Å². The van der Waals surface area contributed by atoms with E-state index in [0.29, 0.717) is 11.6 Å². The largest absolute Gasteiger partial charge is 0.450 e. The molecule has 0 amide bonds. The number of nitrogens with one attached hydrogen (secondary N) is 1. The molecule has 0 saturated carbocycles. The molecule has 1 aliphatic heterocycles. The molecule has 1 aliphatic rings. The van der Waals surface area contributed by atoms with Crippen LogP contribution in [0.1, 0.15) is 36.2 Å². The van der Waals surface area contributed by atoms with E-state index in [-0.39, 0.29) is 11.9 Å². The van der Waals surface area contributed by atoms with Crippen LogP contribution in [0.25, 0.3) is 0 Å². The van der Waals surface area contributed by atoms with Crippen molar-refractivity contribution >= 4 is 5.97 Å². The Labute approximate surface area is 144 Å². The predicted octanol–water partition coefficient (Wildman–Crippen LogP) is 2.68.